The number of nitrogens with one attached hydrogen (secondary N) is 2. The van der Waals surface area contributed by atoms with Crippen molar-refractivity contribution in [2.24, 2.45) is 11.8 Å². The molecule has 2 saturated carbocycles. The second-order valence-electron chi connectivity index (χ2n) is 26.9. The first kappa shape index (κ1) is 66.7. The van der Waals surface area contributed by atoms with Crippen LogP contribution in [0.2, 0.25) is 0 Å². The van der Waals surface area contributed by atoms with Crippen molar-refractivity contribution >= 4 is 58.6 Å². The molecular weight excluding hydrogens is 1140 g/mol. The Morgan fingerprint density at radius 2 is 1.33 bits per heavy atom. The van der Waals surface area contributed by atoms with Gasteiger partial charge in [0.2, 0.25) is 17.7 Å². The molecule has 89 heavy (non-hydrogen) atoms. The van der Waals surface area contributed by atoms with E-state index < -0.39 is 47.3 Å². The van der Waals surface area contributed by atoms with Crippen molar-refractivity contribution in [2.75, 3.05) is 116 Å². The molecule has 21 heteroatoms. The number of allylic oxidation sites excluding steroid dienone is 4. The maximum atomic E-state index is 15.1. The van der Waals surface area contributed by atoms with Crippen LogP contribution in [0.3, 0.4) is 0 Å². The summed E-state index contributed by atoms with van der Waals surface area (Å²) in [5.74, 6) is -0.0771. The van der Waals surface area contributed by atoms with Crippen LogP contribution in [0, 0.1) is 11.8 Å². The zero-order valence-electron chi connectivity index (χ0n) is 53.9. The minimum Gasteiger partial charge on any atom is -0.444 e. The Kier molecular flexibility index (Phi) is 21.8. The number of Topliss-reactive ketones (excluding diaryl/α,β-unsaturated/α-hetero) is 2. The van der Waals surface area contributed by atoms with Crippen LogP contribution in [0.5, 0.6) is 0 Å². The third-order valence-electron chi connectivity index (χ3n) is 18.4. The predicted octanol–water partition coefficient (Wildman–Crippen LogP) is 8.29. The molecule has 486 valence electrons. The Balaban J connectivity index is 0.766. The molecule has 5 fully saturated rings. The molecule has 3 aliphatic heterocycles. The first-order chi connectivity index (χ1) is 42.4. The van der Waals surface area contributed by atoms with Crippen LogP contribution in [-0.4, -0.2) is 207 Å². The van der Waals surface area contributed by atoms with Crippen molar-refractivity contribution in [3.63, 3.8) is 0 Å². The van der Waals surface area contributed by atoms with Crippen LogP contribution >= 0.6 is 0 Å². The Morgan fingerprint density at radius 3 is 1.96 bits per heavy atom. The predicted molar refractivity (Wildman–Crippen MR) is 335 cm³/mol. The number of carbonyl (C=O) groups is 8. The number of nitrogens with zero attached hydrogens (tertiary/aromatic N) is 5. The van der Waals surface area contributed by atoms with Gasteiger partial charge in [0.15, 0.2) is 17.3 Å². The fraction of sp³-hybridized carbons (Fsp3) is 0.647. The summed E-state index contributed by atoms with van der Waals surface area (Å²) in [4.78, 5) is 116. The van der Waals surface area contributed by atoms with Gasteiger partial charge in [-0.15, -0.1) is 0 Å². The number of carbonyl (C=O) groups excluding carboxylic acids is 8. The molecule has 2 N–H and O–H groups in total. The average molecular weight is 1230 g/mol. The molecule has 1 spiro atoms. The summed E-state index contributed by atoms with van der Waals surface area (Å²) in [7, 11) is 2.01. The van der Waals surface area contributed by atoms with E-state index in [2.05, 4.69) is 39.8 Å². The topological polar surface area (TPSA) is 236 Å². The quantitative estimate of drug-likeness (QED) is 0.0540. The molecule has 7 aliphatic rings. The number of piperazine rings is 2. The molecule has 7 unspecified atom stereocenters. The number of amides is 5. The van der Waals surface area contributed by atoms with E-state index in [4.69, 9.17) is 28.4 Å². The molecule has 9 rings (SSSR count). The molecule has 5 amide bonds. The number of benzene rings is 2. The highest BCUT2D eigenvalue weighted by Crippen LogP contribution is 2.68. The lowest BCUT2D eigenvalue weighted by Crippen LogP contribution is -2.68. The Hall–Kier alpha value is -6.68. The zero-order valence-corrected chi connectivity index (χ0v) is 53.9. The molecule has 3 saturated heterocycles. The summed E-state index contributed by atoms with van der Waals surface area (Å²) in [5.41, 5.74) is 6.27. The summed E-state index contributed by atoms with van der Waals surface area (Å²) < 4.78 is 35.1. The minimum atomic E-state index is -1.14. The Labute approximate surface area is 524 Å². The van der Waals surface area contributed by atoms with Gasteiger partial charge in [0.1, 0.15) is 23.3 Å². The van der Waals surface area contributed by atoms with E-state index >= 15 is 4.79 Å². The normalized spacial score (nSPS) is 24.0. The third kappa shape index (κ3) is 16.5. The van der Waals surface area contributed by atoms with Gasteiger partial charge in [0.05, 0.1) is 56.8 Å². The molecule has 4 aliphatic carbocycles. The average Bonchev–Trinajstić information content (AvgIpc) is 1.54. The molecular formula is C68H95N7O14. The SMILES string of the molecule is CC(=O)c1cccc(NCCCOCCOCCOCCCNC(=O)C2CN(C(=O)OC(C)(C)C)CCN2C(=O)C2CN(C(=O)OC(C)(C)C)CCN2C(=O)CCCN(C)c2ccc(C3CC45OC4CCC5C4CCC5=CC(=O)CCC5=C34)cc2)c1C(C)=O. The minimum absolute atomic E-state index is 0.0218. The fourth-order valence-electron chi connectivity index (χ4n) is 14.2. The molecule has 0 bridgehead atoms. The van der Waals surface area contributed by atoms with E-state index in [0.29, 0.717) is 113 Å². The highest BCUT2D eigenvalue weighted by atomic mass is 16.6. The van der Waals surface area contributed by atoms with Crippen LogP contribution in [-0.2, 0) is 47.6 Å². The number of rotatable bonds is 25. The lowest BCUT2D eigenvalue weighted by molar-refractivity contribution is -0.155. The van der Waals surface area contributed by atoms with E-state index in [-0.39, 0.29) is 87.0 Å². The van der Waals surface area contributed by atoms with Gasteiger partial charge in [0, 0.05) is 102 Å². The lowest BCUT2D eigenvalue weighted by atomic mass is 9.58. The molecule has 21 nitrogen and oxygen atoms in total. The second-order valence-corrected chi connectivity index (χ2v) is 26.9. The van der Waals surface area contributed by atoms with E-state index in [1.165, 1.54) is 56.6 Å². The first-order valence-electron chi connectivity index (χ1n) is 32.3. The van der Waals surface area contributed by atoms with Gasteiger partial charge in [-0.1, -0.05) is 29.8 Å². The van der Waals surface area contributed by atoms with Gasteiger partial charge in [-0.25, -0.2) is 9.59 Å². The number of fused-ring (bicyclic) bond motifs is 3. The van der Waals surface area contributed by atoms with Gasteiger partial charge in [-0.05, 0) is 166 Å². The highest BCUT2D eigenvalue weighted by Gasteiger charge is 2.70. The summed E-state index contributed by atoms with van der Waals surface area (Å²) in [6, 6.07) is 11.7. The summed E-state index contributed by atoms with van der Waals surface area (Å²) in [6.07, 6.45) is 9.55. The standard InChI is InChI=1S/C68H95N7O14/c1-44(76)50-14-10-15-55(60(50)45(2)77)69-27-12-34-84-36-38-86-39-37-85-35-13-28-70-62(80)56-42-72(64(82)88-66(3,4)5)31-33-75(56)63(81)57-43-73(65(83)89-67(6,7)8)30-32-74(57)59(79)16-11-29-71(9)48-20-17-46(18-21-48)53-41-68-54(25-26-58(68)87-68)52-23-19-47-40-49(78)22-24-51(47)61(52)53/h10,14-15,17-18,20-21,40,52-54,56-58,69H,11-13,16,19,22-39,41-43H2,1-9H3,(H,70,80). The van der Waals surface area contributed by atoms with Gasteiger partial charge < -0.3 is 63.6 Å². The van der Waals surface area contributed by atoms with Crippen LogP contribution in [0.1, 0.15) is 158 Å². The van der Waals surface area contributed by atoms with E-state index in [9.17, 15) is 33.6 Å². The second kappa shape index (κ2) is 29.1. The Morgan fingerprint density at radius 1 is 0.697 bits per heavy atom. The van der Waals surface area contributed by atoms with Crippen LogP contribution in [0.15, 0.2) is 65.3 Å². The molecule has 3 heterocycles. The van der Waals surface area contributed by atoms with Gasteiger partial charge >= 0.3 is 12.2 Å². The number of anilines is 2. The molecule has 2 aromatic rings. The smallest absolute Gasteiger partial charge is 0.410 e. The fourth-order valence-corrected chi connectivity index (χ4v) is 14.2. The van der Waals surface area contributed by atoms with Crippen molar-refractivity contribution in [3.05, 3.63) is 82.0 Å². The maximum absolute atomic E-state index is 15.1. The number of hydrogen-bond donors (Lipinski definition) is 2. The van der Waals surface area contributed by atoms with Crippen LogP contribution in [0.4, 0.5) is 21.0 Å². The number of ketones is 3. The highest BCUT2D eigenvalue weighted by molar-refractivity contribution is 6.10. The molecule has 0 radical (unpaired) electrons. The van der Waals surface area contributed by atoms with E-state index in [1.807, 2.05) is 13.1 Å². The number of hydrogen-bond acceptors (Lipinski definition) is 16. The number of ether oxygens (including phenoxy) is 6. The lowest BCUT2D eigenvalue weighted by Gasteiger charge is -2.46. The summed E-state index contributed by atoms with van der Waals surface area (Å²) in [5, 5.41) is 6.18. The van der Waals surface area contributed by atoms with Crippen molar-refractivity contribution < 1.29 is 66.8 Å². The maximum Gasteiger partial charge on any atom is 0.410 e. The van der Waals surface area contributed by atoms with Crippen LogP contribution in [0.25, 0.3) is 0 Å². The zero-order chi connectivity index (χ0) is 63.8. The molecule has 7 atom stereocenters. The van der Waals surface area contributed by atoms with E-state index in [0.717, 1.165) is 37.8 Å². The van der Waals surface area contributed by atoms with Crippen molar-refractivity contribution in [3.8, 4) is 0 Å². The van der Waals surface area contributed by atoms with Gasteiger partial charge in [-0.3, -0.25) is 28.8 Å². The summed E-state index contributed by atoms with van der Waals surface area (Å²) >= 11 is 0. The van der Waals surface area contributed by atoms with Gasteiger partial charge in [-0.2, -0.15) is 0 Å². The molecule has 2 aromatic carbocycles. The monoisotopic (exact) mass is 1230 g/mol. The first-order valence-corrected chi connectivity index (χ1v) is 32.3. The van der Waals surface area contributed by atoms with Crippen LogP contribution < -0.4 is 15.5 Å². The largest absolute Gasteiger partial charge is 0.444 e. The van der Waals surface area contributed by atoms with Crippen molar-refractivity contribution in [1.82, 2.24) is 24.9 Å². The summed E-state index contributed by atoms with van der Waals surface area (Å²) in [6.45, 7) is 16.9. The van der Waals surface area contributed by atoms with Crippen molar-refractivity contribution in [2.45, 2.75) is 167 Å². The number of epoxide rings is 1. The third-order valence-corrected chi connectivity index (χ3v) is 18.4. The Bertz CT molecular complexity index is 3000. The van der Waals surface area contributed by atoms with Crippen molar-refractivity contribution in [1.29, 1.82) is 0 Å². The van der Waals surface area contributed by atoms with Gasteiger partial charge in [0.25, 0.3) is 0 Å². The van der Waals surface area contributed by atoms with E-state index in [1.54, 1.807) is 65.3 Å². The molecule has 0 aromatic heterocycles.